The lowest BCUT2D eigenvalue weighted by molar-refractivity contribution is 0.102. The van der Waals surface area contributed by atoms with Crippen LogP contribution in [0.25, 0.3) is 0 Å². The molecule has 0 aliphatic rings. The van der Waals surface area contributed by atoms with Gasteiger partial charge < -0.3 is 25.3 Å². The Balaban J connectivity index is 2.07. The van der Waals surface area contributed by atoms with E-state index < -0.39 is 0 Å². The molecule has 6 heteroatoms. The molecule has 2 aromatic rings. The zero-order valence-corrected chi connectivity index (χ0v) is 15.3. The van der Waals surface area contributed by atoms with E-state index in [2.05, 4.69) is 5.32 Å². The number of benzene rings is 2. The van der Waals surface area contributed by atoms with Crippen LogP contribution < -0.4 is 25.3 Å². The van der Waals surface area contributed by atoms with E-state index in [-0.39, 0.29) is 5.91 Å². The predicted octanol–water partition coefficient (Wildman–Crippen LogP) is 3.46. The van der Waals surface area contributed by atoms with E-state index in [1.807, 2.05) is 13.8 Å². The predicted molar refractivity (Wildman–Crippen MR) is 102 cm³/mol. The van der Waals surface area contributed by atoms with Gasteiger partial charge in [-0.1, -0.05) is 6.92 Å². The Kier molecular flexibility index (Phi) is 7.76. The molecule has 0 heterocycles. The van der Waals surface area contributed by atoms with Gasteiger partial charge in [0.1, 0.15) is 12.4 Å². The van der Waals surface area contributed by atoms with Crippen molar-refractivity contribution in [1.29, 1.82) is 0 Å². The van der Waals surface area contributed by atoms with Gasteiger partial charge >= 0.3 is 0 Å². The molecule has 6 nitrogen and oxygen atoms in total. The highest BCUT2D eigenvalue weighted by atomic mass is 16.5. The van der Waals surface area contributed by atoms with Crippen LogP contribution in [0.1, 0.15) is 30.6 Å². The third kappa shape index (κ3) is 5.67. The number of anilines is 1. The maximum absolute atomic E-state index is 12.5. The van der Waals surface area contributed by atoms with Gasteiger partial charge in [-0.05, 0) is 55.8 Å². The molecule has 0 atom stereocenters. The summed E-state index contributed by atoms with van der Waals surface area (Å²) in [5.41, 5.74) is 6.59. The summed E-state index contributed by atoms with van der Waals surface area (Å²) in [6.07, 6.45) is 0.902. The van der Waals surface area contributed by atoms with E-state index >= 15 is 0 Å². The molecule has 26 heavy (non-hydrogen) atoms. The molecule has 0 saturated carbocycles. The average molecular weight is 358 g/mol. The zero-order chi connectivity index (χ0) is 18.8. The fraction of sp³-hybridized carbons (Fsp3) is 0.350. The summed E-state index contributed by atoms with van der Waals surface area (Å²) >= 11 is 0. The molecule has 140 valence electrons. The van der Waals surface area contributed by atoms with Gasteiger partial charge in [0.15, 0.2) is 11.5 Å². The lowest BCUT2D eigenvalue weighted by Gasteiger charge is -2.13. The molecule has 0 spiro atoms. The first kappa shape index (κ1) is 19.6. The van der Waals surface area contributed by atoms with Crippen LogP contribution in [0.3, 0.4) is 0 Å². The SMILES string of the molecule is CCCOc1ccc(C(=O)Nc2ccc(OCCN)cc2)cc1OCC. The lowest BCUT2D eigenvalue weighted by atomic mass is 10.1. The Morgan fingerprint density at radius 2 is 1.73 bits per heavy atom. The summed E-state index contributed by atoms with van der Waals surface area (Å²) < 4.78 is 16.7. The molecule has 0 aliphatic heterocycles. The van der Waals surface area contributed by atoms with Crippen LogP contribution >= 0.6 is 0 Å². The van der Waals surface area contributed by atoms with E-state index in [0.29, 0.717) is 54.9 Å². The number of rotatable bonds is 10. The average Bonchev–Trinajstić information content (AvgIpc) is 2.66. The first-order valence-electron chi connectivity index (χ1n) is 8.81. The number of nitrogens with one attached hydrogen (secondary N) is 1. The molecule has 2 aromatic carbocycles. The fourth-order valence-electron chi connectivity index (χ4n) is 2.26. The topological polar surface area (TPSA) is 82.8 Å². The first-order chi connectivity index (χ1) is 12.7. The highest BCUT2D eigenvalue weighted by Gasteiger charge is 2.12. The molecule has 0 bridgehead atoms. The summed E-state index contributed by atoms with van der Waals surface area (Å²) in [5, 5.41) is 2.86. The van der Waals surface area contributed by atoms with E-state index in [1.165, 1.54) is 0 Å². The monoisotopic (exact) mass is 358 g/mol. The zero-order valence-electron chi connectivity index (χ0n) is 15.3. The number of amides is 1. The Bertz CT molecular complexity index is 701. The highest BCUT2D eigenvalue weighted by Crippen LogP contribution is 2.29. The lowest BCUT2D eigenvalue weighted by Crippen LogP contribution is -2.13. The fourth-order valence-corrected chi connectivity index (χ4v) is 2.26. The van der Waals surface area contributed by atoms with E-state index in [4.69, 9.17) is 19.9 Å². The van der Waals surface area contributed by atoms with Crippen molar-refractivity contribution in [3.63, 3.8) is 0 Å². The molecule has 2 rings (SSSR count). The molecule has 0 aliphatic carbocycles. The van der Waals surface area contributed by atoms with Gasteiger partial charge in [0.25, 0.3) is 5.91 Å². The van der Waals surface area contributed by atoms with Crippen molar-refractivity contribution in [1.82, 2.24) is 0 Å². The maximum atomic E-state index is 12.5. The third-order valence-electron chi connectivity index (χ3n) is 3.47. The van der Waals surface area contributed by atoms with Crippen molar-refractivity contribution in [3.05, 3.63) is 48.0 Å². The molecule has 1 amide bonds. The van der Waals surface area contributed by atoms with Gasteiger partial charge in [0.2, 0.25) is 0 Å². The van der Waals surface area contributed by atoms with Crippen molar-refractivity contribution in [2.75, 3.05) is 31.7 Å². The number of hydrogen-bond donors (Lipinski definition) is 2. The standard InChI is InChI=1S/C20H26N2O4/c1-3-12-26-18-10-5-15(14-19(18)24-4-2)20(23)22-16-6-8-17(9-7-16)25-13-11-21/h5-10,14H,3-4,11-13,21H2,1-2H3,(H,22,23). The van der Waals surface area contributed by atoms with Gasteiger partial charge in [0.05, 0.1) is 13.2 Å². The van der Waals surface area contributed by atoms with Crippen molar-refractivity contribution >= 4 is 11.6 Å². The van der Waals surface area contributed by atoms with Crippen LogP contribution in [0.15, 0.2) is 42.5 Å². The Hall–Kier alpha value is -2.73. The van der Waals surface area contributed by atoms with Gasteiger partial charge in [-0.3, -0.25) is 4.79 Å². The van der Waals surface area contributed by atoms with Crippen molar-refractivity contribution in [3.8, 4) is 17.2 Å². The Morgan fingerprint density at radius 1 is 0.962 bits per heavy atom. The van der Waals surface area contributed by atoms with Gasteiger partial charge in [0, 0.05) is 17.8 Å². The minimum atomic E-state index is -0.219. The number of carbonyl (C=O) groups excluding carboxylic acids is 1. The molecule has 0 radical (unpaired) electrons. The second-order valence-electron chi connectivity index (χ2n) is 5.56. The van der Waals surface area contributed by atoms with E-state index in [9.17, 15) is 4.79 Å². The van der Waals surface area contributed by atoms with Crippen molar-refractivity contribution < 1.29 is 19.0 Å². The quantitative estimate of drug-likeness (QED) is 0.679. The highest BCUT2D eigenvalue weighted by molar-refractivity contribution is 6.04. The van der Waals surface area contributed by atoms with Gasteiger partial charge in [-0.15, -0.1) is 0 Å². The molecular formula is C20H26N2O4. The molecule has 0 fully saturated rings. The molecule has 0 saturated heterocycles. The molecule has 0 aromatic heterocycles. The second kappa shape index (κ2) is 10.3. The Morgan fingerprint density at radius 3 is 2.38 bits per heavy atom. The maximum Gasteiger partial charge on any atom is 0.255 e. The summed E-state index contributed by atoms with van der Waals surface area (Å²) in [6.45, 7) is 5.94. The van der Waals surface area contributed by atoms with Gasteiger partial charge in [-0.25, -0.2) is 0 Å². The second-order valence-corrected chi connectivity index (χ2v) is 5.56. The Labute approximate surface area is 154 Å². The van der Waals surface area contributed by atoms with Crippen LogP contribution in [-0.4, -0.2) is 32.3 Å². The number of nitrogens with two attached hydrogens (primary N) is 1. The number of hydrogen-bond acceptors (Lipinski definition) is 5. The van der Waals surface area contributed by atoms with Gasteiger partial charge in [-0.2, -0.15) is 0 Å². The number of carbonyl (C=O) groups is 1. The largest absolute Gasteiger partial charge is 0.492 e. The summed E-state index contributed by atoms with van der Waals surface area (Å²) in [5.74, 6) is 1.71. The molecular weight excluding hydrogens is 332 g/mol. The van der Waals surface area contributed by atoms with Crippen LogP contribution in [0.5, 0.6) is 17.2 Å². The minimum absolute atomic E-state index is 0.219. The smallest absolute Gasteiger partial charge is 0.255 e. The van der Waals surface area contributed by atoms with Crippen molar-refractivity contribution in [2.45, 2.75) is 20.3 Å². The first-order valence-corrected chi connectivity index (χ1v) is 8.81. The van der Waals surface area contributed by atoms with Crippen LogP contribution in [0, 0.1) is 0 Å². The van der Waals surface area contributed by atoms with E-state index in [0.717, 1.165) is 6.42 Å². The summed E-state index contributed by atoms with van der Waals surface area (Å²) in [4.78, 5) is 12.5. The van der Waals surface area contributed by atoms with Crippen molar-refractivity contribution in [2.24, 2.45) is 5.73 Å². The van der Waals surface area contributed by atoms with E-state index in [1.54, 1.807) is 42.5 Å². The molecule has 0 unspecified atom stereocenters. The summed E-state index contributed by atoms with van der Waals surface area (Å²) in [7, 11) is 0. The van der Waals surface area contributed by atoms with Crippen LogP contribution in [-0.2, 0) is 0 Å². The van der Waals surface area contributed by atoms with Crippen LogP contribution in [0.2, 0.25) is 0 Å². The molecule has 3 N–H and O–H groups in total. The minimum Gasteiger partial charge on any atom is -0.492 e. The third-order valence-corrected chi connectivity index (χ3v) is 3.47. The summed E-state index contributed by atoms with van der Waals surface area (Å²) in [6, 6.07) is 12.3. The normalized spacial score (nSPS) is 10.3. The number of ether oxygens (including phenoxy) is 3. The van der Waals surface area contributed by atoms with Crippen LogP contribution in [0.4, 0.5) is 5.69 Å².